The van der Waals surface area contributed by atoms with Gasteiger partial charge in [-0.2, -0.15) is 4.31 Å². The summed E-state index contributed by atoms with van der Waals surface area (Å²) in [4.78, 5) is 12.7. The molecule has 8 heteroatoms. The quantitative estimate of drug-likeness (QED) is 0.742. The summed E-state index contributed by atoms with van der Waals surface area (Å²) in [5.74, 6) is -0.352. The molecule has 0 aromatic heterocycles. The minimum atomic E-state index is -3.57. The molecule has 2 aromatic rings. The number of nitrogens with one attached hydrogen (secondary N) is 1. The number of carbonyl (C=O) groups is 1. The maximum Gasteiger partial charge on any atom is 0.252 e. The van der Waals surface area contributed by atoms with Gasteiger partial charge in [0.05, 0.1) is 10.5 Å². The van der Waals surface area contributed by atoms with Crippen molar-refractivity contribution in [2.45, 2.75) is 24.3 Å². The van der Waals surface area contributed by atoms with Crippen LogP contribution in [0.4, 0.5) is 0 Å². The molecule has 2 aromatic carbocycles. The van der Waals surface area contributed by atoms with E-state index in [9.17, 15) is 13.2 Å². The van der Waals surface area contributed by atoms with Crippen LogP contribution in [-0.2, 0) is 16.6 Å². The molecule has 0 aliphatic carbocycles. The summed E-state index contributed by atoms with van der Waals surface area (Å²) in [7, 11) is -3.57. The maximum absolute atomic E-state index is 12.7. The Labute approximate surface area is 166 Å². The lowest BCUT2D eigenvalue weighted by Gasteiger charge is -2.16. The molecule has 0 unspecified atom stereocenters. The van der Waals surface area contributed by atoms with Gasteiger partial charge >= 0.3 is 0 Å². The molecule has 0 bridgehead atoms. The Bertz CT molecular complexity index is 928. The van der Waals surface area contributed by atoms with Gasteiger partial charge in [-0.1, -0.05) is 23.7 Å². The van der Waals surface area contributed by atoms with Gasteiger partial charge in [-0.05, 0) is 64.7 Å². The predicted molar refractivity (Wildman–Crippen MR) is 105 cm³/mol. The van der Waals surface area contributed by atoms with E-state index in [1.807, 2.05) is 12.1 Å². The van der Waals surface area contributed by atoms with Crippen molar-refractivity contribution in [2.75, 3.05) is 13.1 Å². The first-order chi connectivity index (χ1) is 12.4. The van der Waals surface area contributed by atoms with Gasteiger partial charge < -0.3 is 5.32 Å². The average Bonchev–Trinajstić information content (AvgIpc) is 3.15. The van der Waals surface area contributed by atoms with Crippen LogP contribution in [0.3, 0.4) is 0 Å². The lowest BCUT2D eigenvalue weighted by molar-refractivity contribution is 0.0950. The lowest BCUT2D eigenvalue weighted by atomic mass is 10.2. The first kappa shape index (κ1) is 19.4. The van der Waals surface area contributed by atoms with Crippen molar-refractivity contribution in [1.29, 1.82) is 0 Å². The Balaban J connectivity index is 1.79. The molecule has 138 valence electrons. The van der Waals surface area contributed by atoms with E-state index in [1.165, 1.54) is 16.4 Å². The highest BCUT2D eigenvalue weighted by molar-refractivity contribution is 9.10. The van der Waals surface area contributed by atoms with E-state index in [0.717, 1.165) is 18.4 Å². The third kappa shape index (κ3) is 4.28. The van der Waals surface area contributed by atoms with Crippen LogP contribution in [0.5, 0.6) is 0 Å². The highest BCUT2D eigenvalue weighted by atomic mass is 79.9. The molecule has 0 radical (unpaired) electrons. The van der Waals surface area contributed by atoms with Crippen LogP contribution < -0.4 is 5.32 Å². The number of carbonyl (C=O) groups excluding carboxylic acids is 1. The second kappa shape index (κ2) is 8.08. The number of benzene rings is 2. The van der Waals surface area contributed by atoms with E-state index in [1.54, 1.807) is 18.2 Å². The smallest absolute Gasteiger partial charge is 0.252 e. The largest absolute Gasteiger partial charge is 0.348 e. The SMILES string of the molecule is O=C(NCc1cccc(Cl)c1)c1cc(S(=O)(=O)N2CCCC2)ccc1Br. The van der Waals surface area contributed by atoms with Crippen molar-refractivity contribution in [2.24, 2.45) is 0 Å². The lowest BCUT2D eigenvalue weighted by Crippen LogP contribution is -2.28. The molecule has 1 N–H and O–H groups in total. The van der Waals surface area contributed by atoms with Gasteiger partial charge in [0.25, 0.3) is 5.91 Å². The Morgan fingerprint density at radius 2 is 1.88 bits per heavy atom. The summed E-state index contributed by atoms with van der Waals surface area (Å²) in [6, 6.07) is 11.7. The van der Waals surface area contributed by atoms with Crippen LogP contribution >= 0.6 is 27.5 Å². The summed E-state index contributed by atoms with van der Waals surface area (Å²) in [5, 5.41) is 3.39. The number of hydrogen-bond acceptors (Lipinski definition) is 3. The van der Waals surface area contributed by atoms with E-state index in [2.05, 4.69) is 21.2 Å². The number of sulfonamides is 1. The van der Waals surface area contributed by atoms with Crippen LogP contribution in [0.15, 0.2) is 51.8 Å². The minimum Gasteiger partial charge on any atom is -0.348 e. The van der Waals surface area contributed by atoms with Gasteiger partial charge in [0.1, 0.15) is 0 Å². The average molecular weight is 458 g/mol. The standard InChI is InChI=1S/C18H18BrClN2O3S/c19-17-7-6-15(26(24,25)22-8-1-2-9-22)11-16(17)18(23)21-12-13-4-3-5-14(20)10-13/h3-7,10-11H,1-2,8-9,12H2,(H,21,23). The van der Waals surface area contributed by atoms with Crippen molar-refractivity contribution < 1.29 is 13.2 Å². The molecule has 1 fully saturated rings. The first-order valence-corrected chi connectivity index (χ1v) is 10.8. The topological polar surface area (TPSA) is 66.5 Å². The molecule has 3 rings (SSSR count). The van der Waals surface area contributed by atoms with E-state index < -0.39 is 10.0 Å². The number of hydrogen-bond donors (Lipinski definition) is 1. The monoisotopic (exact) mass is 456 g/mol. The fourth-order valence-corrected chi connectivity index (χ4v) is 5.02. The normalized spacial score (nSPS) is 15.2. The zero-order chi connectivity index (χ0) is 18.7. The Kier molecular flexibility index (Phi) is 6.02. The van der Waals surface area contributed by atoms with Gasteiger partial charge in [0.2, 0.25) is 10.0 Å². The van der Waals surface area contributed by atoms with Gasteiger partial charge in [-0.25, -0.2) is 8.42 Å². The summed E-state index contributed by atoms with van der Waals surface area (Å²) >= 11 is 9.27. The van der Waals surface area contributed by atoms with Crippen LogP contribution in [0.1, 0.15) is 28.8 Å². The van der Waals surface area contributed by atoms with Gasteiger partial charge in [-0.3, -0.25) is 4.79 Å². The zero-order valence-corrected chi connectivity index (χ0v) is 17.1. The van der Waals surface area contributed by atoms with Crippen molar-refractivity contribution >= 4 is 43.5 Å². The van der Waals surface area contributed by atoms with Crippen LogP contribution in [0.2, 0.25) is 5.02 Å². The minimum absolute atomic E-state index is 0.135. The van der Waals surface area contributed by atoms with E-state index >= 15 is 0 Å². The van der Waals surface area contributed by atoms with Crippen LogP contribution in [0.25, 0.3) is 0 Å². The Morgan fingerprint density at radius 3 is 2.58 bits per heavy atom. The third-order valence-corrected chi connectivity index (χ3v) is 7.05. The molecule has 1 amide bonds. The predicted octanol–water partition coefficient (Wildman–Crippen LogP) is 3.82. The number of rotatable bonds is 5. The Hall–Kier alpha value is -1.41. The van der Waals surface area contributed by atoms with Crippen molar-refractivity contribution in [1.82, 2.24) is 9.62 Å². The summed E-state index contributed by atoms with van der Waals surface area (Å²) in [5.41, 5.74) is 1.15. The Morgan fingerprint density at radius 1 is 1.15 bits per heavy atom. The second-order valence-corrected chi connectivity index (χ2v) is 9.29. The van der Waals surface area contributed by atoms with Crippen LogP contribution in [-0.4, -0.2) is 31.7 Å². The molecule has 1 heterocycles. The van der Waals surface area contributed by atoms with Crippen molar-refractivity contribution in [3.63, 3.8) is 0 Å². The van der Waals surface area contributed by atoms with Crippen molar-refractivity contribution in [3.05, 3.63) is 63.1 Å². The highest BCUT2D eigenvalue weighted by Crippen LogP contribution is 2.25. The fraction of sp³-hybridized carbons (Fsp3) is 0.278. The molecule has 0 saturated carbocycles. The van der Waals surface area contributed by atoms with E-state index in [0.29, 0.717) is 29.1 Å². The molecule has 1 aliphatic heterocycles. The van der Waals surface area contributed by atoms with Crippen molar-refractivity contribution in [3.8, 4) is 0 Å². The zero-order valence-electron chi connectivity index (χ0n) is 13.9. The molecule has 1 saturated heterocycles. The van der Waals surface area contributed by atoms with E-state index in [-0.39, 0.29) is 16.4 Å². The molecular weight excluding hydrogens is 440 g/mol. The van der Waals surface area contributed by atoms with Gasteiger partial charge in [0, 0.05) is 29.1 Å². The molecule has 26 heavy (non-hydrogen) atoms. The number of amides is 1. The maximum atomic E-state index is 12.7. The van der Waals surface area contributed by atoms with E-state index in [4.69, 9.17) is 11.6 Å². The fourth-order valence-electron chi connectivity index (χ4n) is 2.84. The molecule has 5 nitrogen and oxygen atoms in total. The number of halogens is 2. The highest BCUT2D eigenvalue weighted by Gasteiger charge is 2.28. The molecule has 0 atom stereocenters. The third-order valence-electron chi connectivity index (χ3n) is 4.23. The van der Waals surface area contributed by atoms with Gasteiger partial charge in [0.15, 0.2) is 0 Å². The summed E-state index contributed by atoms with van der Waals surface area (Å²) in [6.45, 7) is 1.35. The van der Waals surface area contributed by atoms with Gasteiger partial charge in [-0.15, -0.1) is 0 Å². The summed E-state index contributed by atoms with van der Waals surface area (Å²) in [6.07, 6.45) is 1.73. The molecule has 0 spiro atoms. The first-order valence-electron chi connectivity index (χ1n) is 8.20. The molecule has 1 aliphatic rings. The molecular formula is C18H18BrClN2O3S. The van der Waals surface area contributed by atoms with Crippen LogP contribution in [0, 0.1) is 0 Å². The summed E-state index contributed by atoms with van der Waals surface area (Å²) < 4.78 is 27.4. The number of nitrogens with zero attached hydrogens (tertiary/aromatic N) is 1. The second-order valence-electron chi connectivity index (χ2n) is 6.07.